The van der Waals surface area contributed by atoms with E-state index >= 15 is 0 Å². The zero-order chi connectivity index (χ0) is 26.5. The largest absolute Gasteiger partial charge is 0.490 e. The summed E-state index contributed by atoms with van der Waals surface area (Å²) in [6, 6.07) is 19.5. The van der Waals surface area contributed by atoms with Crippen molar-refractivity contribution in [2.45, 2.75) is 58.5 Å². The smallest absolute Gasteiger partial charge is 0.282 e. The molecule has 1 aromatic heterocycles. The van der Waals surface area contributed by atoms with Crippen molar-refractivity contribution >= 4 is 33.0 Å². The van der Waals surface area contributed by atoms with E-state index < -0.39 is 0 Å². The molecular formula is C31H32BrN3O3. The fourth-order valence-electron chi connectivity index (χ4n) is 4.87. The number of rotatable bonds is 8. The highest BCUT2D eigenvalue weighted by molar-refractivity contribution is 9.10. The van der Waals surface area contributed by atoms with Gasteiger partial charge in [-0.05, 0) is 72.4 Å². The Labute approximate surface area is 231 Å². The topological polar surface area (TPSA) is 65.7 Å². The first-order valence-electron chi connectivity index (χ1n) is 13.2. The van der Waals surface area contributed by atoms with Crippen molar-refractivity contribution < 1.29 is 9.47 Å². The molecule has 1 aliphatic rings. The highest BCUT2D eigenvalue weighted by Gasteiger charge is 2.22. The van der Waals surface area contributed by atoms with E-state index in [4.69, 9.17) is 14.5 Å². The molecule has 0 spiro atoms. The molecule has 1 fully saturated rings. The van der Waals surface area contributed by atoms with E-state index in [2.05, 4.69) is 52.2 Å². The van der Waals surface area contributed by atoms with Gasteiger partial charge in [0.1, 0.15) is 12.4 Å². The molecule has 1 aliphatic carbocycles. The highest BCUT2D eigenvalue weighted by Crippen LogP contribution is 2.35. The van der Waals surface area contributed by atoms with E-state index in [1.807, 2.05) is 43.3 Å². The SMILES string of the molecule is CCOc1cc(C=Nn2c(C3CCCCC3)nc3ccccc3c2=O)c(Br)cc1OCc1ccc(C)cc1. The van der Waals surface area contributed by atoms with Crippen molar-refractivity contribution in [3.05, 3.63) is 98.0 Å². The number of hydrogen-bond donors (Lipinski definition) is 0. The Balaban J connectivity index is 1.49. The summed E-state index contributed by atoms with van der Waals surface area (Å²) < 4.78 is 14.3. The van der Waals surface area contributed by atoms with Crippen LogP contribution in [0.3, 0.4) is 0 Å². The molecule has 38 heavy (non-hydrogen) atoms. The lowest BCUT2D eigenvalue weighted by Crippen LogP contribution is -2.25. The van der Waals surface area contributed by atoms with Crippen molar-refractivity contribution in [2.75, 3.05) is 6.61 Å². The van der Waals surface area contributed by atoms with Crippen LogP contribution >= 0.6 is 15.9 Å². The van der Waals surface area contributed by atoms with Gasteiger partial charge >= 0.3 is 0 Å². The van der Waals surface area contributed by atoms with Gasteiger partial charge in [-0.15, -0.1) is 0 Å². The first-order chi connectivity index (χ1) is 18.5. The quantitative estimate of drug-likeness (QED) is 0.206. The number of aryl methyl sites for hydroxylation is 1. The van der Waals surface area contributed by atoms with E-state index in [1.54, 1.807) is 6.21 Å². The van der Waals surface area contributed by atoms with Gasteiger partial charge in [0.25, 0.3) is 5.56 Å². The fraction of sp³-hybridized carbons (Fsp3) is 0.323. The van der Waals surface area contributed by atoms with Crippen LogP contribution in [0.5, 0.6) is 11.5 Å². The minimum absolute atomic E-state index is 0.147. The van der Waals surface area contributed by atoms with Gasteiger partial charge in [0.15, 0.2) is 11.5 Å². The summed E-state index contributed by atoms with van der Waals surface area (Å²) >= 11 is 3.67. The first kappa shape index (κ1) is 26.2. The molecule has 1 heterocycles. The van der Waals surface area contributed by atoms with Crippen LogP contribution in [-0.4, -0.2) is 22.5 Å². The zero-order valence-corrected chi connectivity index (χ0v) is 23.4. The van der Waals surface area contributed by atoms with Crippen molar-refractivity contribution in [3.8, 4) is 11.5 Å². The van der Waals surface area contributed by atoms with Gasteiger partial charge in [0.2, 0.25) is 0 Å². The Morgan fingerprint density at radius 2 is 1.76 bits per heavy atom. The average Bonchev–Trinajstić information content (AvgIpc) is 2.94. The number of halogens is 1. The molecule has 7 heteroatoms. The monoisotopic (exact) mass is 573 g/mol. The normalized spacial score (nSPS) is 14.3. The second-order valence-electron chi connectivity index (χ2n) is 9.71. The fourth-order valence-corrected chi connectivity index (χ4v) is 5.30. The van der Waals surface area contributed by atoms with E-state index in [1.165, 1.54) is 16.7 Å². The number of benzene rings is 3. The molecular weight excluding hydrogens is 542 g/mol. The Bertz CT molecular complexity index is 1510. The predicted molar refractivity (Wildman–Crippen MR) is 156 cm³/mol. The predicted octanol–water partition coefficient (Wildman–Crippen LogP) is 7.38. The lowest BCUT2D eigenvalue weighted by molar-refractivity contribution is 0.269. The summed E-state index contributed by atoms with van der Waals surface area (Å²) in [6.07, 6.45) is 7.25. The van der Waals surface area contributed by atoms with Crippen LogP contribution in [-0.2, 0) is 6.61 Å². The van der Waals surface area contributed by atoms with Crippen LogP contribution in [0, 0.1) is 6.92 Å². The van der Waals surface area contributed by atoms with E-state index in [9.17, 15) is 4.79 Å². The van der Waals surface area contributed by atoms with Gasteiger partial charge in [-0.3, -0.25) is 4.79 Å². The summed E-state index contributed by atoms with van der Waals surface area (Å²) in [5.41, 5.74) is 3.65. The molecule has 0 atom stereocenters. The Kier molecular flexibility index (Phi) is 8.23. The van der Waals surface area contributed by atoms with Crippen LogP contribution in [0.4, 0.5) is 0 Å². The van der Waals surface area contributed by atoms with Gasteiger partial charge < -0.3 is 9.47 Å². The maximum atomic E-state index is 13.5. The molecule has 0 radical (unpaired) electrons. The molecule has 196 valence electrons. The summed E-state index contributed by atoms with van der Waals surface area (Å²) in [5.74, 6) is 2.23. The third kappa shape index (κ3) is 5.83. The van der Waals surface area contributed by atoms with Crippen LogP contribution in [0.25, 0.3) is 10.9 Å². The molecule has 0 N–H and O–H groups in total. The molecule has 0 unspecified atom stereocenters. The standard InChI is InChI=1S/C31H32BrN3O3/c1-3-37-28-17-24(26(32)18-29(28)38-20-22-15-13-21(2)14-16-22)19-33-35-30(23-9-5-4-6-10-23)34-27-12-8-7-11-25(27)31(35)36/h7-8,11-19,23H,3-6,9-10,20H2,1-2H3. The maximum Gasteiger partial charge on any atom is 0.282 e. The van der Waals surface area contributed by atoms with Crippen molar-refractivity contribution in [2.24, 2.45) is 5.10 Å². The third-order valence-corrected chi connectivity index (χ3v) is 7.63. The number of ether oxygens (including phenoxy) is 2. The average molecular weight is 575 g/mol. The Hall–Kier alpha value is -3.45. The number of aromatic nitrogens is 2. The lowest BCUT2D eigenvalue weighted by Gasteiger charge is -2.22. The summed E-state index contributed by atoms with van der Waals surface area (Å²) in [6.45, 7) is 4.94. The number of hydrogen-bond acceptors (Lipinski definition) is 5. The van der Waals surface area contributed by atoms with E-state index in [-0.39, 0.29) is 11.5 Å². The van der Waals surface area contributed by atoms with Gasteiger partial charge in [0, 0.05) is 16.0 Å². The summed E-state index contributed by atoms with van der Waals surface area (Å²) in [4.78, 5) is 18.4. The Morgan fingerprint density at radius 3 is 2.53 bits per heavy atom. The second kappa shape index (κ2) is 11.9. The van der Waals surface area contributed by atoms with Crippen LogP contribution < -0.4 is 15.0 Å². The maximum absolute atomic E-state index is 13.5. The molecule has 0 aliphatic heterocycles. The lowest BCUT2D eigenvalue weighted by atomic mass is 9.88. The van der Waals surface area contributed by atoms with Gasteiger partial charge in [-0.1, -0.05) is 61.2 Å². The number of fused-ring (bicyclic) bond motifs is 1. The summed E-state index contributed by atoms with van der Waals surface area (Å²) in [5, 5.41) is 5.25. The van der Waals surface area contributed by atoms with E-state index in [0.29, 0.717) is 30.1 Å². The van der Waals surface area contributed by atoms with Gasteiger partial charge in [0.05, 0.1) is 23.7 Å². The molecule has 5 rings (SSSR count). The molecule has 6 nitrogen and oxygen atoms in total. The van der Waals surface area contributed by atoms with Crippen molar-refractivity contribution in [3.63, 3.8) is 0 Å². The van der Waals surface area contributed by atoms with Crippen LogP contribution in [0.15, 0.2) is 75.0 Å². The van der Waals surface area contributed by atoms with E-state index in [0.717, 1.165) is 52.6 Å². The minimum atomic E-state index is -0.147. The van der Waals surface area contributed by atoms with Crippen molar-refractivity contribution in [1.29, 1.82) is 0 Å². The first-order valence-corrected chi connectivity index (χ1v) is 14.0. The highest BCUT2D eigenvalue weighted by atomic mass is 79.9. The second-order valence-corrected chi connectivity index (χ2v) is 10.6. The molecule has 0 bridgehead atoms. The molecule has 4 aromatic rings. The minimum Gasteiger partial charge on any atom is -0.490 e. The molecule has 0 saturated heterocycles. The molecule has 1 saturated carbocycles. The number of para-hydroxylation sites is 1. The molecule has 3 aromatic carbocycles. The number of nitrogens with zero attached hydrogens (tertiary/aromatic N) is 3. The van der Waals surface area contributed by atoms with Crippen LogP contribution in [0.1, 0.15) is 67.5 Å². The zero-order valence-electron chi connectivity index (χ0n) is 21.8. The Morgan fingerprint density at radius 1 is 1.03 bits per heavy atom. The summed E-state index contributed by atoms with van der Waals surface area (Å²) in [7, 11) is 0. The van der Waals surface area contributed by atoms with Crippen molar-refractivity contribution in [1.82, 2.24) is 9.66 Å². The molecule has 0 amide bonds. The third-order valence-electron chi connectivity index (χ3n) is 6.94. The van der Waals surface area contributed by atoms with Gasteiger partial charge in [-0.25, -0.2) is 4.98 Å². The van der Waals surface area contributed by atoms with Gasteiger partial charge in [-0.2, -0.15) is 9.78 Å². The van der Waals surface area contributed by atoms with Crippen LogP contribution in [0.2, 0.25) is 0 Å².